The summed E-state index contributed by atoms with van der Waals surface area (Å²) < 4.78 is 4.91. The van der Waals surface area contributed by atoms with Crippen molar-refractivity contribution in [3.8, 4) is 0 Å². The van der Waals surface area contributed by atoms with Gasteiger partial charge in [-0.2, -0.15) is 0 Å². The molecule has 0 saturated carbocycles. The fraction of sp³-hybridized carbons (Fsp3) is 0.923. The maximum Gasteiger partial charge on any atom is 0.233 e. The van der Waals surface area contributed by atoms with Gasteiger partial charge in [0.05, 0.1) is 6.54 Å². The van der Waals surface area contributed by atoms with Crippen LogP contribution >= 0.6 is 0 Å². The molecule has 5 nitrogen and oxygen atoms in total. The molecule has 0 aromatic rings. The van der Waals surface area contributed by atoms with Crippen LogP contribution in [0.4, 0.5) is 0 Å². The van der Waals surface area contributed by atoms with Crippen molar-refractivity contribution >= 4 is 5.91 Å². The Bertz CT molecular complexity index is 210. The predicted octanol–water partition coefficient (Wildman–Crippen LogP) is 0.459. The Balaban J connectivity index is 3.30. The third kappa shape index (κ3) is 10.5. The molecule has 0 atom stereocenters. The lowest BCUT2D eigenvalue weighted by Crippen LogP contribution is -2.36. The van der Waals surface area contributed by atoms with Gasteiger partial charge in [0, 0.05) is 26.3 Å². The van der Waals surface area contributed by atoms with Crippen LogP contribution in [0, 0.1) is 0 Å². The second kappa shape index (κ2) is 11.4. The number of nitrogens with one attached hydrogen (secondary N) is 2. The third-order valence-electron chi connectivity index (χ3n) is 2.88. The summed E-state index contributed by atoms with van der Waals surface area (Å²) in [5.41, 5.74) is 0. The van der Waals surface area contributed by atoms with Crippen LogP contribution in [0.5, 0.6) is 0 Å². The number of hydrogen-bond donors (Lipinski definition) is 2. The van der Waals surface area contributed by atoms with E-state index in [1.165, 1.54) is 0 Å². The zero-order valence-corrected chi connectivity index (χ0v) is 12.3. The lowest BCUT2D eigenvalue weighted by atomic mass is 10.3. The van der Waals surface area contributed by atoms with E-state index in [0.29, 0.717) is 25.7 Å². The number of amides is 1. The number of ether oxygens (including phenoxy) is 1. The monoisotopic (exact) mass is 259 g/mol. The van der Waals surface area contributed by atoms with Crippen LogP contribution in [0.1, 0.15) is 26.7 Å². The smallest absolute Gasteiger partial charge is 0.233 e. The van der Waals surface area contributed by atoms with E-state index in [0.717, 1.165) is 25.9 Å². The molecule has 18 heavy (non-hydrogen) atoms. The minimum Gasteiger partial charge on any atom is -0.385 e. The summed E-state index contributed by atoms with van der Waals surface area (Å²) >= 11 is 0. The summed E-state index contributed by atoms with van der Waals surface area (Å²) in [5, 5.41) is 5.99. The van der Waals surface area contributed by atoms with Gasteiger partial charge in [-0.15, -0.1) is 0 Å². The van der Waals surface area contributed by atoms with Crippen LogP contribution in [0.2, 0.25) is 0 Å². The first-order chi connectivity index (χ1) is 8.57. The van der Waals surface area contributed by atoms with Crippen LogP contribution in [0.3, 0.4) is 0 Å². The zero-order valence-electron chi connectivity index (χ0n) is 12.3. The van der Waals surface area contributed by atoms with E-state index in [4.69, 9.17) is 4.74 Å². The normalized spacial score (nSPS) is 11.2. The van der Waals surface area contributed by atoms with E-state index in [9.17, 15) is 4.79 Å². The molecule has 0 bridgehead atoms. The molecule has 0 saturated heterocycles. The number of nitrogens with zero attached hydrogens (tertiary/aromatic N) is 1. The van der Waals surface area contributed by atoms with Gasteiger partial charge in [-0.25, -0.2) is 0 Å². The predicted molar refractivity (Wildman–Crippen MR) is 74.8 cm³/mol. The summed E-state index contributed by atoms with van der Waals surface area (Å²) in [5.74, 6) is 0.0586. The summed E-state index contributed by atoms with van der Waals surface area (Å²) in [6, 6.07) is 0.578. The lowest BCUT2D eigenvalue weighted by Gasteiger charge is -2.20. The molecule has 0 aromatic heterocycles. The average Bonchev–Trinajstić information content (AvgIpc) is 2.33. The molecule has 0 fully saturated rings. The van der Waals surface area contributed by atoms with E-state index in [1.54, 1.807) is 7.11 Å². The van der Waals surface area contributed by atoms with Crippen molar-refractivity contribution in [2.24, 2.45) is 0 Å². The van der Waals surface area contributed by atoms with E-state index >= 15 is 0 Å². The van der Waals surface area contributed by atoms with Crippen molar-refractivity contribution in [1.82, 2.24) is 15.5 Å². The number of carbonyl (C=O) groups excluding carboxylic acids is 1. The Morgan fingerprint density at radius 2 is 2.00 bits per heavy atom. The van der Waals surface area contributed by atoms with Crippen molar-refractivity contribution in [3.05, 3.63) is 0 Å². The van der Waals surface area contributed by atoms with E-state index in [2.05, 4.69) is 36.4 Å². The van der Waals surface area contributed by atoms with Crippen molar-refractivity contribution in [1.29, 1.82) is 0 Å². The summed E-state index contributed by atoms with van der Waals surface area (Å²) in [7, 11) is 3.78. The highest BCUT2D eigenvalue weighted by Gasteiger charge is 2.02. The Labute approximate surface area is 111 Å². The number of carbonyl (C=O) groups is 1. The molecule has 0 aromatic carbocycles. The molecule has 0 aliphatic rings. The van der Waals surface area contributed by atoms with Gasteiger partial charge in [-0.1, -0.05) is 0 Å². The van der Waals surface area contributed by atoms with Crippen molar-refractivity contribution in [2.45, 2.75) is 32.7 Å². The molecule has 0 unspecified atom stereocenters. The third-order valence-corrected chi connectivity index (χ3v) is 2.88. The first-order valence-corrected chi connectivity index (χ1v) is 6.74. The van der Waals surface area contributed by atoms with Crippen LogP contribution in [-0.4, -0.2) is 63.8 Å². The minimum absolute atomic E-state index is 0.0586. The number of rotatable bonds is 11. The molecule has 5 heteroatoms. The fourth-order valence-electron chi connectivity index (χ4n) is 1.42. The second-order valence-corrected chi connectivity index (χ2v) is 4.80. The van der Waals surface area contributed by atoms with E-state index in [1.807, 2.05) is 0 Å². The maximum absolute atomic E-state index is 11.4. The number of hydrogen-bond acceptors (Lipinski definition) is 4. The minimum atomic E-state index is 0.0586. The SMILES string of the molecule is COCCCNC(=O)CNCCCN(C)C(C)C. The highest BCUT2D eigenvalue weighted by molar-refractivity contribution is 5.77. The summed E-state index contributed by atoms with van der Waals surface area (Å²) in [6.45, 7) is 8.07. The Morgan fingerprint density at radius 3 is 2.61 bits per heavy atom. The molecule has 108 valence electrons. The highest BCUT2D eigenvalue weighted by atomic mass is 16.5. The van der Waals surface area contributed by atoms with Gasteiger partial charge < -0.3 is 20.3 Å². The summed E-state index contributed by atoms with van der Waals surface area (Å²) in [6.07, 6.45) is 1.92. The average molecular weight is 259 g/mol. The van der Waals surface area contributed by atoms with Gasteiger partial charge in [0.2, 0.25) is 5.91 Å². The molecular formula is C13H29N3O2. The van der Waals surface area contributed by atoms with Gasteiger partial charge >= 0.3 is 0 Å². The second-order valence-electron chi connectivity index (χ2n) is 4.80. The quantitative estimate of drug-likeness (QED) is 0.529. The molecule has 1 amide bonds. The fourth-order valence-corrected chi connectivity index (χ4v) is 1.42. The summed E-state index contributed by atoms with van der Waals surface area (Å²) in [4.78, 5) is 13.7. The number of methoxy groups -OCH3 is 1. The molecular weight excluding hydrogens is 230 g/mol. The molecule has 0 spiro atoms. The first kappa shape index (κ1) is 17.4. The van der Waals surface area contributed by atoms with Crippen LogP contribution in [-0.2, 0) is 9.53 Å². The van der Waals surface area contributed by atoms with Crippen LogP contribution in [0.15, 0.2) is 0 Å². The van der Waals surface area contributed by atoms with Crippen molar-refractivity contribution in [3.63, 3.8) is 0 Å². The van der Waals surface area contributed by atoms with Gasteiger partial charge in [0.25, 0.3) is 0 Å². The Hall–Kier alpha value is -0.650. The Kier molecular flexibility index (Phi) is 11.0. The van der Waals surface area contributed by atoms with Gasteiger partial charge in [-0.3, -0.25) is 4.79 Å². The van der Waals surface area contributed by atoms with E-state index < -0.39 is 0 Å². The van der Waals surface area contributed by atoms with Crippen LogP contribution in [0.25, 0.3) is 0 Å². The molecule has 0 radical (unpaired) electrons. The molecule has 0 rings (SSSR count). The zero-order chi connectivity index (χ0) is 13.8. The topological polar surface area (TPSA) is 53.6 Å². The molecule has 0 aliphatic carbocycles. The Morgan fingerprint density at radius 1 is 1.28 bits per heavy atom. The van der Waals surface area contributed by atoms with E-state index in [-0.39, 0.29) is 5.91 Å². The van der Waals surface area contributed by atoms with Gasteiger partial charge in [-0.05, 0) is 46.8 Å². The van der Waals surface area contributed by atoms with Gasteiger partial charge in [0.15, 0.2) is 0 Å². The highest BCUT2D eigenvalue weighted by Crippen LogP contribution is 1.93. The molecule has 2 N–H and O–H groups in total. The lowest BCUT2D eigenvalue weighted by molar-refractivity contribution is -0.120. The van der Waals surface area contributed by atoms with Gasteiger partial charge in [0.1, 0.15) is 0 Å². The van der Waals surface area contributed by atoms with Crippen LogP contribution < -0.4 is 10.6 Å². The maximum atomic E-state index is 11.4. The first-order valence-electron chi connectivity index (χ1n) is 6.74. The van der Waals surface area contributed by atoms with Crippen molar-refractivity contribution in [2.75, 3.05) is 46.9 Å². The van der Waals surface area contributed by atoms with Crippen molar-refractivity contribution < 1.29 is 9.53 Å². The standard InChI is InChI=1S/C13H29N3O2/c1-12(2)16(3)9-5-7-14-11-13(17)15-8-6-10-18-4/h12,14H,5-11H2,1-4H3,(H,15,17). The molecule has 0 heterocycles. The molecule has 0 aliphatic heterocycles. The largest absolute Gasteiger partial charge is 0.385 e.